The molecule has 2 N–H and O–H groups in total. The van der Waals surface area contributed by atoms with Crippen molar-refractivity contribution in [1.29, 1.82) is 0 Å². The molecule has 0 heterocycles. The lowest BCUT2D eigenvalue weighted by Gasteiger charge is -2.21. The summed E-state index contributed by atoms with van der Waals surface area (Å²) in [5.74, 6) is 0.760. The standard InChI is InChI=1S/C15H24N2O2S/c1-16-20(18,19)12-6-11-17-15-10-5-9-14(15)13-7-3-2-4-8-13/h2-4,7-8,14-17H,5-6,9-12H2,1H3/t14-,15+/m1/s1. The molecule has 0 aromatic heterocycles. The second-order valence-electron chi connectivity index (χ2n) is 5.39. The molecule has 1 fully saturated rings. The molecule has 20 heavy (non-hydrogen) atoms. The summed E-state index contributed by atoms with van der Waals surface area (Å²) >= 11 is 0. The fraction of sp³-hybridized carbons (Fsp3) is 0.600. The average molecular weight is 296 g/mol. The van der Waals surface area contributed by atoms with Crippen LogP contribution in [0.4, 0.5) is 0 Å². The smallest absolute Gasteiger partial charge is 0.211 e. The molecule has 2 rings (SSSR count). The molecular weight excluding hydrogens is 272 g/mol. The Hall–Kier alpha value is -0.910. The molecule has 1 saturated carbocycles. The van der Waals surface area contributed by atoms with E-state index in [-0.39, 0.29) is 5.75 Å². The van der Waals surface area contributed by atoms with Gasteiger partial charge in [0, 0.05) is 6.04 Å². The Balaban J connectivity index is 1.81. The van der Waals surface area contributed by atoms with Gasteiger partial charge in [0.15, 0.2) is 0 Å². The van der Waals surface area contributed by atoms with Crippen LogP contribution >= 0.6 is 0 Å². The molecule has 0 aliphatic heterocycles. The molecule has 0 saturated heterocycles. The minimum atomic E-state index is -3.07. The highest BCUT2D eigenvalue weighted by Gasteiger charge is 2.27. The SMILES string of the molecule is CNS(=O)(=O)CCCN[C@H]1CCC[C@@H]1c1ccccc1. The maximum absolute atomic E-state index is 11.3. The maximum Gasteiger partial charge on any atom is 0.211 e. The topological polar surface area (TPSA) is 58.2 Å². The number of benzene rings is 1. The molecule has 1 aromatic rings. The van der Waals surface area contributed by atoms with Crippen LogP contribution in [0.15, 0.2) is 30.3 Å². The van der Waals surface area contributed by atoms with Crippen LogP contribution in [0.3, 0.4) is 0 Å². The van der Waals surface area contributed by atoms with Crippen molar-refractivity contribution in [3.63, 3.8) is 0 Å². The highest BCUT2D eigenvalue weighted by atomic mass is 32.2. The lowest BCUT2D eigenvalue weighted by atomic mass is 9.94. The minimum Gasteiger partial charge on any atom is -0.313 e. The summed E-state index contributed by atoms with van der Waals surface area (Å²) in [6, 6.07) is 11.1. The van der Waals surface area contributed by atoms with E-state index in [2.05, 4.69) is 34.3 Å². The Morgan fingerprint density at radius 2 is 1.95 bits per heavy atom. The molecule has 5 heteroatoms. The van der Waals surface area contributed by atoms with Crippen molar-refractivity contribution in [1.82, 2.24) is 10.0 Å². The lowest BCUT2D eigenvalue weighted by Crippen LogP contribution is -2.33. The predicted octanol–water partition coefficient (Wildman–Crippen LogP) is 1.85. The molecule has 0 unspecified atom stereocenters. The van der Waals surface area contributed by atoms with Crippen LogP contribution in [-0.4, -0.2) is 33.8 Å². The van der Waals surface area contributed by atoms with Crippen LogP contribution in [0.5, 0.6) is 0 Å². The molecule has 0 amide bonds. The molecule has 0 bridgehead atoms. The van der Waals surface area contributed by atoms with E-state index >= 15 is 0 Å². The Labute approximate surface area is 122 Å². The molecule has 1 aromatic carbocycles. The molecule has 112 valence electrons. The summed E-state index contributed by atoms with van der Waals surface area (Å²) in [4.78, 5) is 0. The van der Waals surface area contributed by atoms with Gasteiger partial charge in [-0.3, -0.25) is 0 Å². The van der Waals surface area contributed by atoms with Gasteiger partial charge in [-0.15, -0.1) is 0 Å². The maximum atomic E-state index is 11.3. The van der Waals surface area contributed by atoms with E-state index in [1.54, 1.807) is 0 Å². The zero-order valence-electron chi connectivity index (χ0n) is 12.0. The number of hydrogen-bond acceptors (Lipinski definition) is 3. The van der Waals surface area contributed by atoms with E-state index in [9.17, 15) is 8.42 Å². The lowest BCUT2D eigenvalue weighted by molar-refractivity contribution is 0.477. The van der Waals surface area contributed by atoms with Gasteiger partial charge >= 0.3 is 0 Å². The fourth-order valence-corrected chi connectivity index (χ4v) is 3.68. The van der Waals surface area contributed by atoms with Crippen molar-refractivity contribution in [2.24, 2.45) is 0 Å². The van der Waals surface area contributed by atoms with Crippen molar-refractivity contribution < 1.29 is 8.42 Å². The van der Waals surface area contributed by atoms with E-state index in [1.807, 2.05) is 6.07 Å². The van der Waals surface area contributed by atoms with Crippen LogP contribution in [0, 0.1) is 0 Å². The van der Waals surface area contributed by atoms with Gasteiger partial charge in [0.2, 0.25) is 10.0 Å². The van der Waals surface area contributed by atoms with E-state index in [0.29, 0.717) is 18.4 Å². The molecule has 1 aliphatic carbocycles. The summed E-state index contributed by atoms with van der Waals surface area (Å²) in [7, 11) is -1.61. The quantitative estimate of drug-likeness (QED) is 0.755. The number of sulfonamides is 1. The first-order valence-corrected chi connectivity index (χ1v) is 8.97. The van der Waals surface area contributed by atoms with Gasteiger partial charge in [-0.25, -0.2) is 13.1 Å². The third kappa shape index (κ3) is 4.30. The van der Waals surface area contributed by atoms with Crippen LogP contribution in [0.1, 0.15) is 37.2 Å². The molecule has 2 atom stereocenters. The van der Waals surface area contributed by atoms with Crippen LogP contribution in [0.25, 0.3) is 0 Å². The predicted molar refractivity (Wildman–Crippen MR) is 82.3 cm³/mol. The highest BCUT2D eigenvalue weighted by Crippen LogP contribution is 2.34. The number of nitrogens with one attached hydrogen (secondary N) is 2. The van der Waals surface area contributed by atoms with Crippen molar-refractivity contribution in [2.75, 3.05) is 19.3 Å². The summed E-state index contributed by atoms with van der Waals surface area (Å²) in [5, 5.41) is 3.53. The summed E-state index contributed by atoms with van der Waals surface area (Å²) in [6.45, 7) is 0.759. The van der Waals surface area contributed by atoms with Gasteiger partial charge in [0.1, 0.15) is 0 Å². The van der Waals surface area contributed by atoms with E-state index in [1.165, 1.54) is 31.9 Å². The van der Waals surface area contributed by atoms with Gasteiger partial charge in [-0.1, -0.05) is 36.8 Å². The van der Waals surface area contributed by atoms with Gasteiger partial charge < -0.3 is 5.32 Å². The Kier molecular flexibility index (Phi) is 5.57. The van der Waals surface area contributed by atoms with Crippen molar-refractivity contribution >= 4 is 10.0 Å². The molecule has 0 radical (unpaired) electrons. The Morgan fingerprint density at radius 3 is 2.65 bits per heavy atom. The molecule has 1 aliphatic rings. The van der Waals surface area contributed by atoms with Crippen LogP contribution < -0.4 is 10.0 Å². The Morgan fingerprint density at radius 1 is 1.20 bits per heavy atom. The van der Waals surface area contributed by atoms with E-state index in [4.69, 9.17) is 0 Å². The van der Waals surface area contributed by atoms with Crippen LogP contribution in [-0.2, 0) is 10.0 Å². The first-order valence-electron chi connectivity index (χ1n) is 7.32. The second kappa shape index (κ2) is 7.20. The third-order valence-electron chi connectivity index (χ3n) is 4.05. The monoisotopic (exact) mass is 296 g/mol. The summed E-state index contributed by atoms with van der Waals surface area (Å²) in [6.07, 6.45) is 4.29. The first-order chi connectivity index (χ1) is 9.62. The van der Waals surface area contributed by atoms with Crippen LogP contribution in [0.2, 0.25) is 0 Å². The number of rotatable bonds is 7. The molecule has 4 nitrogen and oxygen atoms in total. The fourth-order valence-electron chi connectivity index (χ4n) is 2.96. The highest BCUT2D eigenvalue weighted by molar-refractivity contribution is 7.89. The zero-order chi connectivity index (χ0) is 14.4. The normalized spacial score (nSPS) is 23.1. The molecule has 0 spiro atoms. The summed E-state index contributed by atoms with van der Waals surface area (Å²) < 4.78 is 25.0. The summed E-state index contributed by atoms with van der Waals surface area (Å²) in [5.41, 5.74) is 1.39. The van der Waals surface area contributed by atoms with E-state index < -0.39 is 10.0 Å². The average Bonchev–Trinajstić information content (AvgIpc) is 2.93. The van der Waals surface area contributed by atoms with E-state index in [0.717, 1.165) is 6.54 Å². The van der Waals surface area contributed by atoms with Crippen molar-refractivity contribution in [3.8, 4) is 0 Å². The van der Waals surface area contributed by atoms with Crippen molar-refractivity contribution in [2.45, 2.75) is 37.6 Å². The largest absolute Gasteiger partial charge is 0.313 e. The van der Waals surface area contributed by atoms with Gasteiger partial charge in [0.05, 0.1) is 5.75 Å². The first kappa shape index (κ1) is 15.5. The van der Waals surface area contributed by atoms with Gasteiger partial charge in [-0.05, 0) is 44.3 Å². The number of hydrogen-bond donors (Lipinski definition) is 2. The second-order valence-corrected chi connectivity index (χ2v) is 7.43. The molecular formula is C15H24N2O2S. The Bertz CT molecular complexity index is 502. The van der Waals surface area contributed by atoms with Gasteiger partial charge in [0.25, 0.3) is 0 Å². The van der Waals surface area contributed by atoms with Crippen molar-refractivity contribution in [3.05, 3.63) is 35.9 Å². The third-order valence-corrected chi connectivity index (χ3v) is 5.50. The zero-order valence-corrected chi connectivity index (χ0v) is 12.8. The minimum absolute atomic E-state index is 0.194. The van der Waals surface area contributed by atoms with Gasteiger partial charge in [-0.2, -0.15) is 0 Å².